The number of hydrogen-bond acceptors (Lipinski definition) is 3. The summed E-state index contributed by atoms with van der Waals surface area (Å²) in [4.78, 5) is 0. The van der Waals surface area contributed by atoms with Crippen LogP contribution < -0.4 is 4.74 Å². The van der Waals surface area contributed by atoms with Crippen LogP contribution in [0.25, 0.3) is 0 Å². The number of benzene rings is 2. The summed E-state index contributed by atoms with van der Waals surface area (Å²) in [5, 5.41) is 19.2. The fourth-order valence-electron chi connectivity index (χ4n) is 1.85. The lowest BCUT2D eigenvalue weighted by molar-refractivity contribution is 0.214. The van der Waals surface area contributed by atoms with Gasteiger partial charge in [-0.1, -0.05) is 30.3 Å². The molecular formula is C15H13NO2. The predicted molar refractivity (Wildman–Crippen MR) is 68.2 cm³/mol. The predicted octanol–water partition coefficient (Wildman–Crippen LogP) is 2.65. The summed E-state index contributed by atoms with van der Waals surface area (Å²) in [6.45, 7) is 0. The van der Waals surface area contributed by atoms with Crippen LogP contribution in [0, 0.1) is 11.3 Å². The molecule has 0 aliphatic carbocycles. The van der Waals surface area contributed by atoms with Crippen LogP contribution in [0.1, 0.15) is 22.8 Å². The highest BCUT2D eigenvalue weighted by Gasteiger charge is 2.14. The third-order valence-corrected chi connectivity index (χ3v) is 2.76. The summed E-state index contributed by atoms with van der Waals surface area (Å²) in [5.41, 5.74) is 1.90. The van der Waals surface area contributed by atoms with Gasteiger partial charge in [0, 0.05) is 5.56 Å². The third kappa shape index (κ3) is 2.34. The van der Waals surface area contributed by atoms with Gasteiger partial charge in [-0.05, 0) is 23.8 Å². The van der Waals surface area contributed by atoms with E-state index in [2.05, 4.69) is 6.07 Å². The second-order valence-electron chi connectivity index (χ2n) is 3.88. The minimum Gasteiger partial charge on any atom is -0.496 e. The molecule has 18 heavy (non-hydrogen) atoms. The van der Waals surface area contributed by atoms with Crippen molar-refractivity contribution in [2.45, 2.75) is 6.10 Å². The topological polar surface area (TPSA) is 53.2 Å². The van der Waals surface area contributed by atoms with Crippen molar-refractivity contribution in [3.05, 3.63) is 65.2 Å². The minimum atomic E-state index is -0.797. The normalized spacial score (nSPS) is 11.6. The molecule has 0 spiro atoms. The summed E-state index contributed by atoms with van der Waals surface area (Å²) in [6.07, 6.45) is -0.797. The molecule has 2 aromatic carbocycles. The summed E-state index contributed by atoms with van der Waals surface area (Å²) in [5.74, 6) is 0.632. The van der Waals surface area contributed by atoms with Crippen LogP contribution in [0.3, 0.4) is 0 Å². The Balaban J connectivity index is 2.41. The maximum Gasteiger partial charge on any atom is 0.125 e. The number of rotatable bonds is 3. The number of aliphatic hydroxyl groups excluding tert-OH is 1. The standard InChI is InChI=1S/C15H13NO2/c1-18-14-8-3-2-7-13(14)15(17)12-6-4-5-11(9-12)10-16/h2-9,15,17H,1H3. The molecule has 1 N–H and O–H groups in total. The summed E-state index contributed by atoms with van der Waals surface area (Å²) in [6, 6.07) is 16.3. The Labute approximate surface area is 106 Å². The molecule has 3 nitrogen and oxygen atoms in total. The van der Waals surface area contributed by atoms with E-state index in [1.54, 1.807) is 37.4 Å². The third-order valence-electron chi connectivity index (χ3n) is 2.76. The molecule has 0 fully saturated rings. The number of nitrogens with zero attached hydrogens (tertiary/aromatic N) is 1. The molecule has 0 saturated heterocycles. The highest BCUT2D eigenvalue weighted by molar-refractivity contribution is 5.42. The van der Waals surface area contributed by atoms with Crippen molar-refractivity contribution in [1.29, 1.82) is 5.26 Å². The van der Waals surface area contributed by atoms with Gasteiger partial charge in [0.05, 0.1) is 18.7 Å². The Hall–Kier alpha value is -2.31. The van der Waals surface area contributed by atoms with E-state index >= 15 is 0 Å². The quantitative estimate of drug-likeness (QED) is 0.895. The van der Waals surface area contributed by atoms with E-state index < -0.39 is 6.10 Å². The number of aliphatic hydroxyl groups is 1. The number of nitriles is 1. The first-order valence-electron chi connectivity index (χ1n) is 5.57. The molecular weight excluding hydrogens is 226 g/mol. The number of para-hydroxylation sites is 1. The van der Waals surface area contributed by atoms with Gasteiger partial charge >= 0.3 is 0 Å². The molecule has 3 heteroatoms. The Morgan fingerprint density at radius 2 is 1.94 bits per heavy atom. The van der Waals surface area contributed by atoms with Crippen molar-refractivity contribution in [3.63, 3.8) is 0 Å². The maximum atomic E-state index is 10.3. The molecule has 2 aromatic rings. The number of ether oxygens (including phenoxy) is 1. The van der Waals surface area contributed by atoms with Gasteiger partial charge in [0.2, 0.25) is 0 Å². The lowest BCUT2D eigenvalue weighted by Gasteiger charge is -2.15. The van der Waals surface area contributed by atoms with E-state index in [1.165, 1.54) is 0 Å². The highest BCUT2D eigenvalue weighted by Crippen LogP contribution is 2.29. The van der Waals surface area contributed by atoms with E-state index in [9.17, 15) is 5.11 Å². The van der Waals surface area contributed by atoms with Crippen LogP contribution in [-0.4, -0.2) is 12.2 Å². The largest absolute Gasteiger partial charge is 0.496 e. The Morgan fingerprint density at radius 1 is 1.17 bits per heavy atom. The van der Waals surface area contributed by atoms with Crippen molar-refractivity contribution in [2.24, 2.45) is 0 Å². The minimum absolute atomic E-state index is 0.529. The molecule has 2 rings (SSSR count). The van der Waals surface area contributed by atoms with Crippen LogP contribution in [0.15, 0.2) is 48.5 Å². The van der Waals surface area contributed by atoms with Gasteiger partial charge in [0.15, 0.2) is 0 Å². The molecule has 0 bridgehead atoms. The van der Waals surface area contributed by atoms with Gasteiger partial charge in [-0.2, -0.15) is 5.26 Å². The first kappa shape index (κ1) is 12.2. The van der Waals surface area contributed by atoms with Gasteiger partial charge in [-0.3, -0.25) is 0 Å². The molecule has 0 aliphatic rings. The molecule has 0 saturated carbocycles. The van der Waals surface area contributed by atoms with E-state index in [1.807, 2.05) is 18.2 Å². The highest BCUT2D eigenvalue weighted by atomic mass is 16.5. The Kier molecular flexibility index (Phi) is 3.61. The molecule has 90 valence electrons. The van der Waals surface area contributed by atoms with Crippen LogP contribution in [0.5, 0.6) is 5.75 Å². The zero-order valence-electron chi connectivity index (χ0n) is 10.00. The molecule has 1 atom stereocenters. The van der Waals surface area contributed by atoms with Crippen molar-refractivity contribution in [1.82, 2.24) is 0 Å². The average molecular weight is 239 g/mol. The van der Waals surface area contributed by atoms with E-state index in [-0.39, 0.29) is 0 Å². The van der Waals surface area contributed by atoms with Crippen molar-refractivity contribution < 1.29 is 9.84 Å². The fraction of sp³-hybridized carbons (Fsp3) is 0.133. The van der Waals surface area contributed by atoms with Gasteiger partial charge < -0.3 is 9.84 Å². The summed E-state index contributed by atoms with van der Waals surface area (Å²) >= 11 is 0. The smallest absolute Gasteiger partial charge is 0.125 e. The molecule has 0 amide bonds. The molecule has 0 aromatic heterocycles. The van der Waals surface area contributed by atoms with E-state index in [0.29, 0.717) is 22.4 Å². The lowest BCUT2D eigenvalue weighted by atomic mass is 9.99. The number of hydrogen-bond donors (Lipinski definition) is 1. The van der Waals surface area contributed by atoms with Crippen molar-refractivity contribution in [3.8, 4) is 11.8 Å². The van der Waals surface area contributed by atoms with Crippen LogP contribution in [0.4, 0.5) is 0 Å². The van der Waals surface area contributed by atoms with Gasteiger partial charge in [-0.15, -0.1) is 0 Å². The van der Waals surface area contributed by atoms with Crippen LogP contribution >= 0.6 is 0 Å². The number of methoxy groups -OCH3 is 1. The van der Waals surface area contributed by atoms with Crippen molar-refractivity contribution in [2.75, 3.05) is 7.11 Å². The SMILES string of the molecule is COc1ccccc1C(O)c1cccc(C#N)c1. The van der Waals surface area contributed by atoms with E-state index in [4.69, 9.17) is 10.00 Å². The first-order valence-corrected chi connectivity index (χ1v) is 5.57. The van der Waals surface area contributed by atoms with Crippen LogP contribution in [0.2, 0.25) is 0 Å². The van der Waals surface area contributed by atoms with Crippen molar-refractivity contribution >= 4 is 0 Å². The summed E-state index contributed by atoms with van der Waals surface area (Å²) < 4.78 is 5.22. The molecule has 0 radical (unpaired) electrons. The zero-order valence-corrected chi connectivity index (χ0v) is 10.00. The first-order chi connectivity index (χ1) is 8.76. The maximum absolute atomic E-state index is 10.3. The van der Waals surface area contributed by atoms with E-state index in [0.717, 1.165) is 0 Å². The lowest BCUT2D eigenvalue weighted by Crippen LogP contribution is -2.02. The monoisotopic (exact) mass is 239 g/mol. The Morgan fingerprint density at radius 3 is 2.67 bits per heavy atom. The second-order valence-corrected chi connectivity index (χ2v) is 3.88. The summed E-state index contributed by atoms with van der Waals surface area (Å²) in [7, 11) is 1.57. The molecule has 0 aliphatic heterocycles. The molecule has 1 unspecified atom stereocenters. The van der Waals surface area contributed by atoms with Crippen LogP contribution in [-0.2, 0) is 0 Å². The van der Waals surface area contributed by atoms with Gasteiger partial charge in [0.1, 0.15) is 11.9 Å². The average Bonchev–Trinajstić information content (AvgIpc) is 2.46. The Bertz CT molecular complexity index is 587. The van der Waals surface area contributed by atoms with Gasteiger partial charge in [-0.25, -0.2) is 0 Å². The molecule has 0 heterocycles. The second kappa shape index (κ2) is 5.35. The van der Waals surface area contributed by atoms with Gasteiger partial charge in [0.25, 0.3) is 0 Å². The fourth-order valence-corrected chi connectivity index (χ4v) is 1.85. The zero-order chi connectivity index (χ0) is 13.0.